The number of nitrogens with zero attached hydrogens (tertiary/aromatic N) is 1. The molecule has 2 saturated heterocycles. The van der Waals surface area contributed by atoms with Crippen molar-refractivity contribution in [3.8, 4) is 0 Å². The predicted octanol–water partition coefficient (Wildman–Crippen LogP) is 6.03. The Labute approximate surface area is 270 Å². The maximum Gasteiger partial charge on any atom is 0.306 e. The van der Waals surface area contributed by atoms with Gasteiger partial charge in [0.25, 0.3) is 0 Å². The first-order valence-electron chi connectivity index (χ1n) is 17.0. The lowest BCUT2D eigenvalue weighted by atomic mass is 9.92. The van der Waals surface area contributed by atoms with Gasteiger partial charge in [0, 0.05) is 13.0 Å². The number of hydrogen-bond donors (Lipinski definition) is 3. The van der Waals surface area contributed by atoms with Gasteiger partial charge in [0.2, 0.25) is 5.91 Å². The Morgan fingerprint density at radius 2 is 1.53 bits per heavy atom. The van der Waals surface area contributed by atoms with E-state index in [-0.39, 0.29) is 18.4 Å². The molecule has 0 aromatic carbocycles. The summed E-state index contributed by atoms with van der Waals surface area (Å²) in [5.41, 5.74) is -0.701. The highest BCUT2D eigenvalue weighted by Crippen LogP contribution is 2.33. The van der Waals surface area contributed by atoms with Crippen LogP contribution in [0, 0.1) is 5.92 Å². The zero-order valence-electron chi connectivity index (χ0n) is 27.5. The molecule has 9 atom stereocenters. The number of amides is 1. The van der Waals surface area contributed by atoms with Crippen LogP contribution < -0.4 is 5.32 Å². The summed E-state index contributed by atoms with van der Waals surface area (Å²) < 4.78 is 11.8. The van der Waals surface area contributed by atoms with Gasteiger partial charge in [-0.15, -0.1) is 23.4 Å². The van der Waals surface area contributed by atoms with E-state index >= 15 is 0 Å². The summed E-state index contributed by atoms with van der Waals surface area (Å²) in [6.45, 7) is 6.97. The minimum absolute atomic E-state index is 0.159. The lowest BCUT2D eigenvalue weighted by Gasteiger charge is -2.45. The second kappa shape index (κ2) is 21.3. The van der Waals surface area contributed by atoms with Crippen LogP contribution >= 0.6 is 23.4 Å². The van der Waals surface area contributed by atoms with Gasteiger partial charge in [-0.1, -0.05) is 97.3 Å². The van der Waals surface area contributed by atoms with Gasteiger partial charge in [0.15, 0.2) is 6.10 Å². The summed E-state index contributed by atoms with van der Waals surface area (Å²) in [5.74, 6) is -0.0963. The van der Waals surface area contributed by atoms with E-state index in [0.717, 1.165) is 38.6 Å². The van der Waals surface area contributed by atoms with Crippen molar-refractivity contribution < 1.29 is 29.3 Å². The molecular weight excluding hydrogens is 588 g/mol. The molecule has 8 nitrogen and oxygen atoms in total. The van der Waals surface area contributed by atoms with E-state index in [1.165, 1.54) is 76.0 Å². The number of carbonyl (C=O) groups excluding carboxylic acids is 2. The smallest absolute Gasteiger partial charge is 0.306 e. The topological polar surface area (TPSA) is 108 Å². The van der Waals surface area contributed by atoms with E-state index < -0.39 is 47.2 Å². The van der Waals surface area contributed by atoms with Crippen molar-refractivity contribution in [2.24, 2.45) is 5.92 Å². The van der Waals surface area contributed by atoms with Crippen LogP contribution in [0.25, 0.3) is 0 Å². The molecule has 252 valence electrons. The molecule has 2 rings (SSSR count). The second-order valence-electron chi connectivity index (χ2n) is 12.8. The molecule has 5 unspecified atom stereocenters. The SMILES string of the molecule is CCCCCCCCCCCCCCCC(=O)OC1C(SC)OC([C@H](NC(=O)[C@@H]2C[C@@H](CC)CN2C)[C@H](C)Cl)C(O)C1O. The van der Waals surface area contributed by atoms with Crippen LogP contribution in [0.15, 0.2) is 0 Å². The Balaban J connectivity index is 1.75. The summed E-state index contributed by atoms with van der Waals surface area (Å²) in [6, 6.07) is -1.01. The molecule has 2 aliphatic heterocycles. The van der Waals surface area contributed by atoms with Crippen LogP contribution in [0.5, 0.6) is 0 Å². The Morgan fingerprint density at radius 1 is 0.977 bits per heavy atom. The van der Waals surface area contributed by atoms with E-state index in [1.54, 1.807) is 13.2 Å². The standard InChI is InChI=1S/C33H61ClN2O6S/c1-6-8-9-10-11-12-13-14-15-16-17-18-19-20-26(37)41-31-29(39)28(38)30(42-33(31)43-5)27(23(3)34)35-32(40)25-21-24(7-2)22-36(25)4/h23-25,27-31,33,38-39H,6-22H2,1-5H3,(H,35,40)/t23-,24+,25-,27+,28?,29?,30?,31?,33?/m0/s1. The van der Waals surface area contributed by atoms with Crippen LogP contribution in [0.2, 0.25) is 0 Å². The fraction of sp³-hybridized carbons (Fsp3) is 0.939. The number of nitrogens with one attached hydrogen (secondary N) is 1. The highest BCUT2D eigenvalue weighted by atomic mass is 35.5. The van der Waals surface area contributed by atoms with Crippen molar-refractivity contribution >= 4 is 35.2 Å². The fourth-order valence-corrected chi connectivity index (χ4v) is 7.33. The second-order valence-corrected chi connectivity index (χ2v) is 14.4. The monoisotopic (exact) mass is 648 g/mol. The number of esters is 1. The number of carbonyl (C=O) groups is 2. The zero-order chi connectivity index (χ0) is 31.8. The number of thioether (sulfide) groups is 1. The summed E-state index contributed by atoms with van der Waals surface area (Å²) in [6.07, 6.45) is 15.1. The third kappa shape index (κ3) is 13.0. The van der Waals surface area contributed by atoms with Crippen LogP contribution in [0.3, 0.4) is 0 Å². The molecule has 10 heteroatoms. The number of likely N-dealkylation sites (tertiary alicyclic amines) is 1. The third-order valence-corrected chi connectivity index (χ3v) is 10.4. The van der Waals surface area contributed by atoms with Gasteiger partial charge in [-0.25, -0.2) is 0 Å². The molecule has 0 saturated carbocycles. The average Bonchev–Trinajstić information content (AvgIpc) is 3.37. The van der Waals surface area contributed by atoms with E-state index in [2.05, 4.69) is 19.2 Å². The summed E-state index contributed by atoms with van der Waals surface area (Å²) >= 11 is 7.79. The first-order chi connectivity index (χ1) is 20.6. The number of halogens is 1. The van der Waals surface area contributed by atoms with Gasteiger partial charge in [-0.2, -0.15) is 0 Å². The number of unbranched alkanes of at least 4 members (excludes halogenated alkanes) is 12. The lowest BCUT2D eigenvalue weighted by Crippen LogP contribution is -2.65. The van der Waals surface area contributed by atoms with Crippen molar-refractivity contribution in [3.63, 3.8) is 0 Å². The van der Waals surface area contributed by atoms with Crippen LogP contribution in [-0.2, 0) is 19.1 Å². The Kier molecular flexibility index (Phi) is 19.1. The number of aliphatic hydroxyl groups excluding tert-OH is 2. The fourth-order valence-electron chi connectivity index (χ4n) is 6.40. The first kappa shape index (κ1) is 38.6. The quantitative estimate of drug-likeness (QED) is 0.0787. The number of hydrogen-bond acceptors (Lipinski definition) is 8. The van der Waals surface area contributed by atoms with Gasteiger partial charge in [-0.05, 0) is 39.0 Å². The molecule has 0 aliphatic carbocycles. The maximum atomic E-state index is 13.2. The van der Waals surface area contributed by atoms with Crippen LogP contribution in [0.1, 0.15) is 124 Å². The van der Waals surface area contributed by atoms with E-state index in [4.69, 9.17) is 21.1 Å². The normalized spacial score (nSPS) is 29.3. The highest BCUT2D eigenvalue weighted by Gasteiger charge is 2.50. The maximum absolute atomic E-state index is 13.2. The van der Waals surface area contributed by atoms with E-state index in [9.17, 15) is 19.8 Å². The average molecular weight is 649 g/mol. The molecular formula is C33H61ClN2O6S. The summed E-state index contributed by atoms with van der Waals surface area (Å²) in [5, 5.41) is 24.5. The van der Waals surface area contributed by atoms with Crippen molar-refractivity contribution in [3.05, 3.63) is 0 Å². The van der Waals surface area contributed by atoms with E-state index in [1.807, 2.05) is 11.9 Å². The van der Waals surface area contributed by atoms with Crippen LogP contribution in [0.4, 0.5) is 0 Å². The number of rotatable bonds is 21. The predicted molar refractivity (Wildman–Crippen MR) is 176 cm³/mol. The molecule has 43 heavy (non-hydrogen) atoms. The van der Waals surface area contributed by atoms with Crippen molar-refractivity contribution in [2.45, 2.75) is 171 Å². The molecule has 2 aliphatic rings. The minimum Gasteiger partial charge on any atom is -0.456 e. The molecule has 0 bridgehead atoms. The van der Waals surface area contributed by atoms with Crippen molar-refractivity contribution in [1.29, 1.82) is 0 Å². The van der Waals surface area contributed by atoms with Gasteiger partial charge < -0.3 is 25.0 Å². The largest absolute Gasteiger partial charge is 0.456 e. The molecule has 3 N–H and O–H groups in total. The molecule has 0 radical (unpaired) electrons. The molecule has 0 aromatic heterocycles. The first-order valence-corrected chi connectivity index (χ1v) is 18.7. The lowest BCUT2D eigenvalue weighted by molar-refractivity contribution is -0.218. The number of likely N-dealkylation sites (N-methyl/N-ethyl adjacent to an activating group) is 1. The highest BCUT2D eigenvalue weighted by molar-refractivity contribution is 7.99. The van der Waals surface area contributed by atoms with Gasteiger partial charge in [0.05, 0.1) is 17.5 Å². The van der Waals surface area contributed by atoms with E-state index in [0.29, 0.717) is 5.92 Å². The van der Waals surface area contributed by atoms with Gasteiger partial charge >= 0.3 is 5.97 Å². The Morgan fingerprint density at radius 3 is 2.02 bits per heavy atom. The third-order valence-electron chi connectivity index (χ3n) is 9.24. The Bertz CT molecular complexity index is 790. The number of alkyl halides is 1. The molecule has 0 spiro atoms. The molecule has 2 fully saturated rings. The number of ether oxygens (including phenoxy) is 2. The summed E-state index contributed by atoms with van der Waals surface area (Å²) in [7, 11) is 1.94. The van der Waals surface area contributed by atoms with Crippen molar-refractivity contribution in [1.82, 2.24) is 10.2 Å². The Hall–Kier alpha value is -0.580. The molecule has 2 heterocycles. The zero-order valence-corrected chi connectivity index (χ0v) is 29.1. The number of aliphatic hydroxyl groups is 2. The molecule has 1 amide bonds. The van der Waals surface area contributed by atoms with Gasteiger partial charge in [-0.3, -0.25) is 14.5 Å². The van der Waals surface area contributed by atoms with Crippen LogP contribution in [-0.4, -0.2) is 94.2 Å². The molecule has 0 aromatic rings. The van der Waals surface area contributed by atoms with Crippen molar-refractivity contribution in [2.75, 3.05) is 19.8 Å². The summed E-state index contributed by atoms with van der Waals surface area (Å²) in [4.78, 5) is 27.9. The van der Waals surface area contributed by atoms with Gasteiger partial charge in [0.1, 0.15) is 23.7 Å². The minimum atomic E-state index is -1.38.